The second kappa shape index (κ2) is 8.09. The van der Waals surface area contributed by atoms with E-state index >= 15 is 0 Å². The number of hydrogen-bond donors (Lipinski definition) is 1. The summed E-state index contributed by atoms with van der Waals surface area (Å²) in [5.74, 6) is 0.215. The van der Waals surface area contributed by atoms with Crippen LogP contribution in [0.4, 0.5) is 0 Å². The summed E-state index contributed by atoms with van der Waals surface area (Å²) in [7, 11) is 1.64. The number of nitrogens with one attached hydrogen (secondary N) is 1. The molecule has 2 aromatic rings. The predicted octanol–water partition coefficient (Wildman–Crippen LogP) is 3.18. The van der Waals surface area contributed by atoms with Crippen LogP contribution in [0.5, 0.6) is 5.75 Å². The molecule has 8 nitrogen and oxygen atoms in total. The van der Waals surface area contributed by atoms with E-state index < -0.39 is 0 Å². The Labute approximate surface area is 187 Å². The molecule has 0 atom stereocenters. The SMILES string of the molecule is C/C(=C\C=C/N(C)C=O)NC(=O)c1cn2cc(C34COC(C)(C3)C4)nc2cc1OC(C)C. The minimum atomic E-state index is -0.276. The fourth-order valence-electron chi connectivity index (χ4n) is 4.59. The van der Waals surface area contributed by atoms with Crippen molar-refractivity contribution in [3.63, 3.8) is 0 Å². The van der Waals surface area contributed by atoms with Crippen LogP contribution >= 0.6 is 0 Å². The quantitative estimate of drug-likeness (QED) is 0.505. The van der Waals surface area contributed by atoms with Gasteiger partial charge in [-0.1, -0.05) is 0 Å². The van der Waals surface area contributed by atoms with Crippen molar-refractivity contribution in [1.29, 1.82) is 0 Å². The van der Waals surface area contributed by atoms with Crippen molar-refractivity contribution in [3.05, 3.63) is 53.8 Å². The van der Waals surface area contributed by atoms with Gasteiger partial charge in [-0.15, -0.1) is 0 Å². The summed E-state index contributed by atoms with van der Waals surface area (Å²) in [6.07, 6.45) is 11.3. The van der Waals surface area contributed by atoms with Crippen LogP contribution in [0.3, 0.4) is 0 Å². The van der Waals surface area contributed by atoms with E-state index in [4.69, 9.17) is 14.5 Å². The van der Waals surface area contributed by atoms with Gasteiger partial charge in [0.05, 0.1) is 29.6 Å². The lowest BCUT2D eigenvalue weighted by Gasteiger charge is -2.41. The lowest BCUT2D eigenvalue weighted by atomic mass is 9.62. The number of nitrogens with zero attached hydrogens (tertiary/aromatic N) is 3. The normalized spacial score (nSPS) is 24.8. The molecule has 3 aliphatic rings. The average molecular weight is 439 g/mol. The van der Waals surface area contributed by atoms with Crippen LogP contribution in [0, 0.1) is 0 Å². The molecule has 5 rings (SSSR count). The smallest absolute Gasteiger partial charge is 0.260 e. The summed E-state index contributed by atoms with van der Waals surface area (Å²) in [4.78, 5) is 29.9. The number of aromatic nitrogens is 2. The van der Waals surface area contributed by atoms with E-state index in [2.05, 4.69) is 12.2 Å². The number of hydrogen-bond acceptors (Lipinski definition) is 5. The van der Waals surface area contributed by atoms with Gasteiger partial charge in [0.1, 0.15) is 11.4 Å². The van der Waals surface area contributed by atoms with Crippen molar-refractivity contribution in [1.82, 2.24) is 19.6 Å². The molecule has 0 aromatic carbocycles. The fraction of sp³-hybridized carbons (Fsp3) is 0.458. The highest BCUT2D eigenvalue weighted by molar-refractivity contribution is 5.98. The Hall–Kier alpha value is -3.13. The number of carbonyl (C=O) groups is 2. The molecule has 170 valence electrons. The molecular weight excluding hydrogens is 408 g/mol. The molecule has 0 spiro atoms. The third-order valence-corrected chi connectivity index (χ3v) is 5.97. The van der Waals surface area contributed by atoms with Gasteiger partial charge in [0, 0.05) is 42.8 Å². The molecule has 4 heterocycles. The Morgan fingerprint density at radius 2 is 2.12 bits per heavy atom. The maximum Gasteiger partial charge on any atom is 0.260 e. The molecule has 2 amide bonds. The first kappa shape index (κ1) is 22.1. The second-order valence-corrected chi connectivity index (χ2v) is 9.40. The Balaban J connectivity index is 1.62. The lowest BCUT2D eigenvalue weighted by molar-refractivity contribution is -0.115. The van der Waals surface area contributed by atoms with Crippen molar-refractivity contribution in [3.8, 4) is 5.75 Å². The first-order chi connectivity index (χ1) is 15.1. The fourth-order valence-corrected chi connectivity index (χ4v) is 4.59. The predicted molar refractivity (Wildman–Crippen MR) is 120 cm³/mol. The third kappa shape index (κ3) is 4.14. The first-order valence-corrected chi connectivity index (χ1v) is 10.8. The molecule has 3 fully saturated rings. The minimum Gasteiger partial charge on any atom is -0.490 e. The van der Waals surface area contributed by atoms with Gasteiger partial charge in [-0.3, -0.25) is 9.59 Å². The topological polar surface area (TPSA) is 85.2 Å². The van der Waals surface area contributed by atoms with Gasteiger partial charge in [0.2, 0.25) is 6.41 Å². The molecule has 0 unspecified atom stereocenters. The van der Waals surface area contributed by atoms with Gasteiger partial charge in [-0.05, 0) is 52.7 Å². The van der Waals surface area contributed by atoms with Crippen molar-refractivity contribution in [2.75, 3.05) is 13.7 Å². The Bertz CT molecular complexity index is 1110. The molecule has 1 aliphatic carbocycles. The van der Waals surface area contributed by atoms with E-state index in [1.165, 1.54) is 4.90 Å². The number of rotatable bonds is 8. The van der Waals surface area contributed by atoms with Crippen molar-refractivity contribution in [2.24, 2.45) is 0 Å². The Morgan fingerprint density at radius 1 is 1.38 bits per heavy atom. The zero-order valence-electron chi connectivity index (χ0n) is 19.2. The van der Waals surface area contributed by atoms with E-state index in [9.17, 15) is 9.59 Å². The standard InChI is InChI=1S/C24H30N4O4/c1-16(2)32-19-9-21-26-20(24-12-23(4,13-24)31-14-24)11-28(21)10-18(19)22(30)25-17(3)7-6-8-27(5)15-29/h6-11,15-16H,12-14H2,1-5H3,(H,25,30)/b8-6-,17-7+. The van der Waals surface area contributed by atoms with Crippen molar-refractivity contribution in [2.45, 2.75) is 57.7 Å². The molecule has 1 N–H and O–H groups in total. The van der Waals surface area contributed by atoms with Crippen LogP contribution in [-0.2, 0) is 14.9 Å². The van der Waals surface area contributed by atoms with Gasteiger partial charge < -0.3 is 24.1 Å². The summed E-state index contributed by atoms with van der Waals surface area (Å²) < 4.78 is 13.8. The average Bonchev–Trinajstić information content (AvgIpc) is 3.37. The molecule has 2 bridgehead atoms. The summed E-state index contributed by atoms with van der Waals surface area (Å²) in [5.41, 5.74) is 2.77. The number of allylic oxidation sites excluding steroid dienone is 3. The molecule has 32 heavy (non-hydrogen) atoms. The number of amides is 2. The largest absolute Gasteiger partial charge is 0.490 e. The zero-order valence-corrected chi connectivity index (χ0v) is 19.2. The van der Waals surface area contributed by atoms with Crippen molar-refractivity contribution >= 4 is 18.0 Å². The molecule has 8 heteroatoms. The maximum atomic E-state index is 13.1. The zero-order chi connectivity index (χ0) is 23.1. The van der Waals surface area contributed by atoms with Crippen LogP contribution < -0.4 is 10.1 Å². The maximum absolute atomic E-state index is 13.1. The molecule has 2 saturated heterocycles. The molecular formula is C24H30N4O4. The van der Waals surface area contributed by atoms with E-state index in [0.717, 1.165) is 24.2 Å². The Morgan fingerprint density at radius 3 is 2.75 bits per heavy atom. The highest BCUT2D eigenvalue weighted by Gasteiger charge is 2.61. The van der Waals surface area contributed by atoms with Gasteiger partial charge in [0.15, 0.2) is 0 Å². The molecule has 2 aliphatic heterocycles. The minimum absolute atomic E-state index is 0.0222. The lowest BCUT2D eigenvalue weighted by Crippen LogP contribution is -2.45. The van der Waals surface area contributed by atoms with Gasteiger partial charge >= 0.3 is 0 Å². The number of fused-ring (bicyclic) bond motifs is 2. The molecule has 1 saturated carbocycles. The summed E-state index contributed by atoms with van der Waals surface area (Å²) >= 11 is 0. The van der Waals surface area contributed by atoms with Crippen LogP contribution in [0.15, 0.2) is 42.5 Å². The monoisotopic (exact) mass is 438 g/mol. The van der Waals surface area contributed by atoms with Crippen LogP contribution in [0.2, 0.25) is 0 Å². The first-order valence-electron chi connectivity index (χ1n) is 10.8. The molecule has 2 aromatic heterocycles. The van der Waals surface area contributed by atoms with Crippen LogP contribution in [0.25, 0.3) is 5.65 Å². The van der Waals surface area contributed by atoms with E-state index in [1.54, 1.807) is 38.5 Å². The Kier molecular flexibility index (Phi) is 5.58. The highest BCUT2D eigenvalue weighted by Crippen LogP contribution is 2.58. The number of ether oxygens (including phenoxy) is 2. The second-order valence-electron chi connectivity index (χ2n) is 9.40. The summed E-state index contributed by atoms with van der Waals surface area (Å²) in [6.45, 7) is 8.46. The summed E-state index contributed by atoms with van der Waals surface area (Å²) in [5, 5.41) is 2.88. The number of imidazole rings is 1. The molecule has 0 radical (unpaired) electrons. The number of pyridine rings is 1. The van der Waals surface area contributed by atoms with Crippen LogP contribution in [0.1, 0.15) is 56.6 Å². The third-order valence-electron chi connectivity index (χ3n) is 5.97. The van der Waals surface area contributed by atoms with E-state index in [-0.39, 0.29) is 23.0 Å². The van der Waals surface area contributed by atoms with Gasteiger partial charge in [0.25, 0.3) is 5.91 Å². The summed E-state index contributed by atoms with van der Waals surface area (Å²) in [6, 6.07) is 1.82. The number of carbonyl (C=O) groups excluding carboxylic acids is 2. The van der Waals surface area contributed by atoms with Gasteiger partial charge in [-0.25, -0.2) is 4.98 Å². The van der Waals surface area contributed by atoms with Crippen molar-refractivity contribution < 1.29 is 19.1 Å². The highest BCUT2D eigenvalue weighted by atomic mass is 16.5. The van der Waals surface area contributed by atoms with Crippen LogP contribution in [-0.4, -0.2) is 52.0 Å². The van der Waals surface area contributed by atoms with E-state index in [1.807, 2.05) is 30.5 Å². The van der Waals surface area contributed by atoms with Gasteiger partial charge in [-0.2, -0.15) is 0 Å². The van der Waals surface area contributed by atoms with E-state index in [0.29, 0.717) is 30.0 Å².